The van der Waals surface area contributed by atoms with Gasteiger partial charge in [-0.1, -0.05) is 31.2 Å². The third-order valence-electron chi connectivity index (χ3n) is 2.74. The molecule has 0 fully saturated rings. The zero-order chi connectivity index (χ0) is 15.0. The maximum atomic E-state index is 11.5. The van der Waals surface area contributed by atoms with E-state index in [9.17, 15) is 9.59 Å². The minimum atomic E-state index is -0.975. The van der Waals surface area contributed by atoms with Crippen LogP contribution in [0.15, 0.2) is 30.3 Å². The van der Waals surface area contributed by atoms with Crippen LogP contribution in [-0.2, 0) is 4.79 Å². The van der Waals surface area contributed by atoms with Gasteiger partial charge in [0, 0.05) is 12.6 Å². The summed E-state index contributed by atoms with van der Waals surface area (Å²) >= 11 is 0. The highest BCUT2D eigenvalue weighted by molar-refractivity contribution is 5.85. The fourth-order valence-electron chi connectivity index (χ4n) is 1.63. The summed E-state index contributed by atoms with van der Waals surface area (Å²) in [5.41, 5.74) is 1.77. The number of carbonyl (C=O) groups is 2. The lowest BCUT2D eigenvalue weighted by Crippen LogP contribution is -2.37. The predicted molar refractivity (Wildman–Crippen MR) is 78.4 cm³/mol. The van der Waals surface area contributed by atoms with Gasteiger partial charge in [-0.25, -0.2) is 9.59 Å². The van der Waals surface area contributed by atoms with Crippen LogP contribution in [0.5, 0.6) is 0 Å². The molecule has 0 spiro atoms. The second-order valence-electron chi connectivity index (χ2n) is 4.46. The molecule has 0 radical (unpaired) electrons. The van der Waals surface area contributed by atoms with Gasteiger partial charge in [0.2, 0.25) is 0 Å². The van der Waals surface area contributed by atoms with Gasteiger partial charge < -0.3 is 15.7 Å². The Morgan fingerprint density at radius 3 is 2.50 bits per heavy atom. The molecule has 3 N–H and O–H groups in total. The fourth-order valence-corrected chi connectivity index (χ4v) is 1.63. The molecule has 1 rings (SSSR count). The van der Waals surface area contributed by atoms with Crippen LogP contribution >= 0.6 is 0 Å². The highest BCUT2D eigenvalue weighted by atomic mass is 16.4. The Morgan fingerprint density at radius 1 is 1.30 bits per heavy atom. The lowest BCUT2D eigenvalue weighted by atomic mass is 10.1. The van der Waals surface area contributed by atoms with E-state index in [4.69, 9.17) is 5.11 Å². The number of urea groups is 1. The summed E-state index contributed by atoms with van der Waals surface area (Å²) in [6, 6.07) is 7.07. The molecule has 1 aromatic rings. The first-order chi connectivity index (χ1) is 9.52. The summed E-state index contributed by atoms with van der Waals surface area (Å²) in [5.74, 6) is -0.975. The van der Waals surface area contributed by atoms with E-state index >= 15 is 0 Å². The van der Waals surface area contributed by atoms with Crippen molar-refractivity contribution in [1.29, 1.82) is 0 Å². The quantitative estimate of drug-likeness (QED) is 0.699. The second-order valence-corrected chi connectivity index (χ2v) is 4.46. The number of benzene rings is 1. The van der Waals surface area contributed by atoms with E-state index in [-0.39, 0.29) is 12.1 Å². The van der Waals surface area contributed by atoms with E-state index in [0.29, 0.717) is 6.54 Å². The number of hydrogen-bond donors (Lipinski definition) is 3. The first-order valence-electron chi connectivity index (χ1n) is 6.58. The highest BCUT2D eigenvalue weighted by Crippen LogP contribution is 2.14. The zero-order valence-electron chi connectivity index (χ0n) is 11.7. The minimum Gasteiger partial charge on any atom is -0.478 e. The first kappa shape index (κ1) is 15.8. The maximum Gasteiger partial charge on any atom is 0.328 e. The molecule has 108 valence electrons. The Balaban J connectivity index is 2.59. The van der Waals surface area contributed by atoms with Crippen molar-refractivity contribution < 1.29 is 14.7 Å². The SMILES string of the molecule is CCCNC(=O)NC(C)c1ccc(C=CC(=O)O)cc1. The molecular formula is C15H20N2O3. The van der Waals surface area contributed by atoms with Crippen molar-refractivity contribution in [3.8, 4) is 0 Å². The van der Waals surface area contributed by atoms with Crippen molar-refractivity contribution in [2.75, 3.05) is 6.54 Å². The van der Waals surface area contributed by atoms with Crippen molar-refractivity contribution in [2.24, 2.45) is 0 Å². The number of carbonyl (C=O) groups excluding carboxylic acids is 1. The molecule has 0 heterocycles. The summed E-state index contributed by atoms with van der Waals surface area (Å²) in [6.07, 6.45) is 3.51. The normalized spacial score (nSPS) is 12.1. The van der Waals surface area contributed by atoms with Gasteiger partial charge in [-0.3, -0.25) is 0 Å². The monoisotopic (exact) mass is 276 g/mol. The molecule has 2 amide bonds. The summed E-state index contributed by atoms with van der Waals surface area (Å²) in [6.45, 7) is 4.54. The van der Waals surface area contributed by atoms with Crippen molar-refractivity contribution in [1.82, 2.24) is 10.6 Å². The topological polar surface area (TPSA) is 78.4 Å². The smallest absolute Gasteiger partial charge is 0.328 e. The van der Waals surface area contributed by atoms with E-state index in [1.54, 1.807) is 0 Å². The Hall–Kier alpha value is -2.30. The first-order valence-corrected chi connectivity index (χ1v) is 6.58. The Kier molecular flexibility index (Phi) is 6.29. The van der Waals surface area contributed by atoms with Crippen molar-refractivity contribution in [2.45, 2.75) is 26.3 Å². The average Bonchev–Trinajstić information content (AvgIpc) is 2.43. The largest absolute Gasteiger partial charge is 0.478 e. The number of amides is 2. The van der Waals surface area contributed by atoms with Crippen molar-refractivity contribution >= 4 is 18.1 Å². The van der Waals surface area contributed by atoms with Crippen molar-refractivity contribution in [3.05, 3.63) is 41.5 Å². The molecule has 20 heavy (non-hydrogen) atoms. The van der Waals surface area contributed by atoms with Gasteiger partial charge in [-0.15, -0.1) is 0 Å². The summed E-state index contributed by atoms with van der Waals surface area (Å²) in [7, 11) is 0. The molecule has 5 nitrogen and oxygen atoms in total. The van der Waals surface area contributed by atoms with E-state index in [0.717, 1.165) is 23.6 Å². The number of rotatable bonds is 6. The third kappa shape index (κ3) is 5.56. The van der Waals surface area contributed by atoms with Crippen LogP contribution in [0.4, 0.5) is 4.79 Å². The van der Waals surface area contributed by atoms with Gasteiger partial charge >= 0.3 is 12.0 Å². The van der Waals surface area contributed by atoms with E-state index in [2.05, 4.69) is 10.6 Å². The summed E-state index contributed by atoms with van der Waals surface area (Å²) < 4.78 is 0. The molecule has 1 unspecified atom stereocenters. The zero-order valence-corrected chi connectivity index (χ0v) is 11.7. The van der Waals surface area contributed by atoms with Crippen LogP contribution in [0.3, 0.4) is 0 Å². The second kappa shape index (κ2) is 7.99. The average molecular weight is 276 g/mol. The Bertz CT molecular complexity index is 480. The van der Waals surface area contributed by atoms with Gasteiger partial charge in [-0.05, 0) is 30.5 Å². The maximum absolute atomic E-state index is 11.5. The fraction of sp³-hybridized carbons (Fsp3) is 0.333. The highest BCUT2D eigenvalue weighted by Gasteiger charge is 2.08. The third-order valence-corrected chi connectivity index (χ3v) is 2.74. The number of aliphatic carboxylic acids is 1. The molecule has 0 saturated heterocycles. The van der Waals surface area contributed by atoms with E-state index in [1.807, 2.05) is 38.1 Å². The van der Waals surface area contributed by atoms with Crippen LogP contribution in [-0.4, -0.2) is 23.7 Å². The number of carboxylic acid groups (broad SMARTS) is 1. The summed E-state index contributed by atoms with van der Waals surface area (Å²) in [5, 5.41) is 14.1. The molecule has 1 aromatic carbocycles. The molecular weight excluding hydrogens is 256 g/mol. The van der Waals surface area contributed by atoms with Gasteiger partial charge in [0.05, 0.1) is 6.04 Å². The van der Waals surface area contributed by atoms with Crippen LogP contribution in [0, 0.1) is 0 Å². The van der Waals surface area contributed by atoms with Gasteiger partial charge in [0.1, 0.15) is 0 Å². The summed E-state index contributed by atoms with van der Waals surface area (Å²) in [4.78, 5) is 21.9. The van der Waals surface area contributed by atoms with Gasteiger partial charge in [-0.2, -0.15) is 0 Å². The van der Waals surface area contributed by atoms with Crippen LogP contribution in [0.25, 0.3) is 6.08 Å². The van der Waals surface area contributed by atoms with E-state index in [1.165, 1.54) is 6.08 Å². The molecule has 1 atom stereocenters. The molecule has 0 saturated carbocycles. The standard InChI is InChI=1S/C15H20N2O3/c1-3-10-16-15(20)17-11(2)13-7-4-12(5-8-13)6-9-14(18)19/h4-9,11H,3,10H2,1-2H3,(H,18,19)(H2,16,17,20). The lowest BCUT2D eigenvalue weighted by molar-refractivity contribution is -0.131. The van der Waals surface area contributed by atoms with Crippen LogP contribution in [0.2, 0.25) is 0 Å². The number of hydrogen-bond acceptors (Lipinski definition) is 2. The Morgan fingerprint density at radius 2 is 1.95 bits per heavy atom. The number of carboxylic acids is 1. The molecule has 0 aliphatic rings. The number of nitrogens with one attached hydrogen (secondary N) is 2. The van der Waals surface area contributed by atoms with Crippen LogP contribution in [0.1, 0.15) is 37.4 Å². The lowest BCUT2D eigenvalue weighted by Gasteiger charge is -2.15. The predicted octanol–water partition coefficient (Wildman–Crippen LogP) is 2.55. The van der Waals surface area contributed by atoms with Gasteiger partial charge in [0.15, 0.2) is 0 Å². The molecule has 0 aliphatic heterocycles. The van der Waals surface area contributed by atoms with Crippen LogP contribution < -0.4 is 10.6 Å². The van der Waals surface area contributed by atoms with Gasteiger partial charge in [0.25, 0.3) is 0 Å². The van der Waals surface area contributed by atoms with E-state index < -0.39 is 5.97 Å². The molecule has 5 heteroatoms. The van der Waals surface area contributed by atoms with Crippen molar-refractivity contribution in [3.63, 3.8) is 0 Å². The minimum absolute atomic E-state index is 0.107. The molecule has 0 aromatic heterocycles. The Labute approximate surface area is 118 Å². The molecule has 0 bridgehead atoms. The molecule has 0 aliphatic carbocycles.